The van der Waals surface area contributed by atoms with E-state index in [0.29, 0.717) is 17.2 Å². The molecule has 0 aromatic heterocycles. The van der Waals surface area contributed by atoms with Crippen LogP contribution in [-0.2, 0) is 0 Å². The molecule has 0 saturated carbocycles. The molecule has 0 saturated heterocycles. The number of ether oxygens (including phenoxy) is 2. The molecular formula is C21H24ClN3O5. The van der Waals surface area contributed by atoms with Gasteiger partial charge in [0.2, 0.25) is 5.75 Å². The molecule has 0 heterocycles. The highest BCUT2D eigenvalue weighted by Crippen LogP contribution is 2.38. The molecule has 8 nitrogen and oxygen atoms in total. The summed E-state index contributed by atoms with van der Waals surface area (Å²) >= 11 is 5.98. The van der Waals surface area contributed by atoms with Crippen LogP contribution in [0.5, 0.6) is 11.5 Å². The van der Waals surface area contributed by atoms with E-state index in [1.807, 2.05) is 0 Å². The number of methoxy groups -OCH3 is 1. The third-order valence-electron chi connectivity index (χ3n) is 4.22. The summed E-state index contributed by atoms with van der Waals surface area (Å²) in [5, 5.41) is 15.7. The third-order valence-corrected chi connectivity index (χ3v) is 4.55. The van der Waals surface area contributed by atoms with Crippen LogP contribution in [-0.4, -0.2) is 30.8 Å². The van der Waals surface area contributed by atoms with Crippen LogP contribution in [0.1, 0.15) is 48.5 Å². The fraction of sp³-hybridized carbons (Fsp3) is 0.333. The van der Waals surface area contributed by atoms with Gasteiger partial charge in [0.15, 0.2) is 5.75 Å². The van der Waals surface area contributed by atoms with E-state index >= 15 is 0 Å². The lowest BCUT2D eigenvalue weighted by atomic mass is 10.1. The molecule has 1 amide bonds. The average molecular weight is 434 g/mol. The van der Waals surface area contributed by atoms with Gasteiger partial charge < -0.3 is 9.47 Å². The van der Waals surface area contributed by atoms with Crippen molar-refractivity contribution in [3.8, 4) is 11.5 Å². The summed E-state index contributed by atoms with van der Waals surface area (Å²) in [7, 11) is 1.41. The predicted molar refractivity (Wildman–Crippen MR) is 116 cm³/mol. The van der Waals surface area contributed by atoms with Gasteiger partial charge in [-0.1, -0.05) is 49.9 Å². The van der Waals surface area contributed by atoms with Gasteiger partial charge >= 0.3 is 5.69 Å². The van der Waals surface area contributed by atoms with Crippen molar-refractivity contribution in [3.63, 3.8) is 0 Å². The van der Waals surface area contributed by atoms with E-state index < -0.39 is 10.8 Å². The van der Waals surface area contributed by atoms with Gasteiger partial charge in [-0.3, -0.25) is 14.9 Å². The number of nitrogens with zero attached hydrogens (tertiary/aromatic N) is 2. The van der Waals surface area contributed by atoms with Crippen molar-refractivity contribution in [1.82, 2.24) is 5.43 Å². The number of rotatable bonds is 11. The van der Waals surface area contributed by atoms with E-state index in [-0.39, 0.29) is 22.7 Å². The van der Waals surface area contributed by atoms with Crippen LogP contribution in [0.3, 0.4) is 0 Å². The van der Waals surface area contributed by atoms with Crippen molar-refractivity contribution >= 4 is 29.4 Å². The number of unbranched alkanes of at least 4 members (excludes halogenated alkanes) is 3. The van der Waals surface area contributed by atoms with E-state index in [1.54, 1.807) is 30.3 Å². The van der Waals surface area contributed by atoms with Gasteiger partial charge in [0.05, 0.1) is 35.4 Å². The molecule has 2 rings (SSSR count). The molecule has 0 unspecified atom stereocenters. The summed E-state index contributed by atoms with van der Waals surface area (Å²) < 4.78 is 10.9. The maximum Gasteiger partial charge on any atom is 0.315 e. The number of hydrogen-bond donors (Lipinski definition) is 1. The number of carbonyl (C=O) groups excluding carboxylic acids is 1. The molecule has 0 atom stereocenters. The topological polar surface area (TPSA) is 103 Å². The van der Waals surface area contributed by atoms with Gasteiger partial charge in [-0.05, 0) is 24.6 Å². The molecule has 160 valence electrons. The van der Waals surface area contributed by atoms with E-state index in [2.05, 4.69) is 17.5 Å². The van der Waals surface area contributed by atoms with Crippen molar-refractivity contribution in [3.05, 3.63) is 62.7 Å². The van der Waals surface area contributed by atoms with E-state index in [9.17, 15) is 14.9 Å². The number of amides is 1. The van der Waals surface area contributed by atoms with Crippen molar-refractivity contribution in [2.45, 2.75) is 32.6 Å². The fourth-order valence-corrected chi connectivity index (χ4v) is 2.91. The van der Waals surface area contributed by atoms with Gasteiger partial charge in [0, 0.05) is 11.6 Å². The second-order valence-electron chi connectivity index (χ2n) is 6.42. The Balaban J connectivity index is 2.15. The molecule has 30 heavy (non-hydrogen) atoms. The van der Waals surface area contributed by atoms with Crippen molar-refractivity contribution in [1.29, 1.82) is 0 Å². The molecule has 0 bridgehead atoms. The number of nitro benzene ring substituents is 1. The Bertz CT molecular complexity index is 918. The van der Waals surface area contributed by atoms with Gasteiger partial charge in [-0.15, -0.1) is 0 Å². The SMILES string of the molecule is CCCCCCOc1c(OC)cc(/C=N\NC(=O)c2ccccc2Cl)cc1[N+](=O)[O-]. The van der Waals surface area contributed by atoms with Gasteiger partial charge in [-0.25, -0.2) is 5.43 Å². The molecule has 2 aromatic carbocycles. The van der Waals surface area contributed by atoms with E-state index in [4.69, 9.17) is 21.1 Å². The zero-order valence-electron chi connectivity index (χ0n) is 16.9. The Hall–Kier alpha value is -3.13. The maximum absolute atomic E-state index is 12.1. The zero-order chi connectivity index (χ0) is 21.9. The third kappa shape index (κ3) is 6.45. The molecule has 0 fully saturated rings. The Labute approximate surface area is 180 Å². The van der Waals surface area contributed by atoms with Crippen molar-refractivity contribution in [2.75, 3.05) is 13.7 Å². The number of nitrogens with one attached hydrogen (secondary N) is 1. The highest BCUT2D eigenvalue weighted by Gasteiger charge is 2.22. The lowest BCUT2D eigenvalue weighted by Gasteiger charge is -2.12. The first-order valence-electron chi connectivity index (χ1n) is 9.55. The van der Waals surface area contributed by atoms with Crippen molar-refractivity contribution < 1.29 is 19.2 Å². The zero-order valence-corrected chi connectivity index (χ0v) is 17.6. The van der Waals surface area contributed by atoms with Crippen LogP contribution in [0.2, 0.25) is 5.02 Å². The van der Waals surface area contributed by atoms with Gasteiger partial charge in [0.25, 0.3) is 5.91 Å². The maximum atomic E-state index is 12.1. The van der Waals surface area contributed by atoms with Crippen molar-refractivity contribution in [2.24, 2.45) is 5.10 Å². The molecule has 0 aliphatic carbocycles. The van der Waals surface area contributed by atoms with Crippen LogP contribution in [0.25, 0.3) is 0 Å². The second kappa shape index (κ2) is 11.8. The lowest BCUT2D eigenvalue weighted by molar-refractivity contribution is -0.386. The Morgan fingerprint density at radius 2 is 2.03 bits per heavy atom. The number of carbonyl (C=O) groups is 1. The molecule has 0 aliphatic rings. The summed E-state index contributed by atoms with van der Waals surface area (Å²) in [5.74, 6) is -0.194. The number of halogens is 1. The van der Waals surface area contributed by atoms with E-state index in [0.717, 1.165) is 25.7 Å². The van der Waals surface area contributed by atoms with Crippen LogP contribution in [0.4, 0.5) is 5.69 Å². The molecule has 9 heteroatoms. The molecule has 0 radical (unpaired) electrons. The van der Waals surface area contributed by atoms with Crippen LogP contribution >= 0.6 is 11.6 Å². The number of benzene rings is 2. The van der Waals surface area contributed by atoms with Crippen LogP contribution < -0.4 is 14.9 Å². The fourth-order valence-electron chi connectivity index (χ4n) is 2.69. The largest absolute Gasteiger partial charge is 0.493 e. The second-order valence-corrected chi connectivity index (χ2v) is 6.82. The highest BCUT2D eigenvalue weighted by molar-refractivity contribution is 6.33. The summed E-state index contributed by atoms with van der Waals surface area (Å²) in [6.45, 7) is 2.46. The summed E-state index contributed by atoms with van der Waals surface area (Å²) in [5.41, 5.74) is 2.76. The highest BCUT2D eigenvalue weighted by atomic mass is 35.5. The lowest BCUT2D eigenvalue weighted by Crippen LogP contribution is -2.18. The van der Waals surface area contributed by atoms with E-state index in [1.165, 1.54) is 19.4 Å². The minimum atomic E-state index is -0.538. The first-order chi connectivity index (χ1) is 14.5. The number of hydrazone groups is 1. The standard InChI is InChI=1S/C21H24ClN3O5/c1-3-4-5-8-11-30-20-18(25(27)28)12-15(13-19(20)29-2)14-23-24-21(26)16-9-6-7-10-17(16)22/h6-7,9-10,12-14H,3-5,8,11H2,1-2H3,(H,24,26)/b23-14-. The minimum Gasteiger partial charge on any atom is -0.493 e. The first-order valence-corrected chi connectivity index (χ1v) is 9.92. The normalized spacial score (nSPS) is 10.8. The number of nitro groups is 1. The summed E-state index contributed by atoms with van der Waals surface area (Å²) in [6.07, 6.45) is 5.24. The Kier molecular flexibility index (Phi) is 9.08. The average Bonchev–Trinajstić information content (AvgIpc) is 2.73. The Morgan fingerprint density at radius 1 is 1.27 bits per heavy atom. The molecule has 0 spiro atoms. The van der Waals surface area contributed by atoms with Crippen LogP contribution in [0.15, 0.2) is 41.5 Å². The monoisotopic (exact) mass is 433 g/mol. The molecular weight excluding hydrogens is 410 g/mol. The Morgan fingerprint density at radius 3 is 2.70 bits per heavy atom. The summed E-state index contributed by atoms with van der Waals surface area (Å²) in [6, 6.07) is 9.42. The molecule has 1 N–H and O–H groups in total. The first kappa shape index (κ1) is 23.2. The number of hydrogen-bond acceptors (Lipinski definition) is 6. The molecule has 2 aromatic rings. The minimum absolute atomic E-state index is 0.0799. The van der Waals surface area contributed by atoms with Gasteiger partial charge in [-0.2, -0.15) is 5.10 Å². The van der Waals surface area contributed by atoms with Gasteiger partial charge in [0.1, 0.15) is 0 Å². The smallest absolute Gasteiger partial charge is 0.315 e. The summed E-state index contributed by atoms with van der Waals surface area (Å²) in [4.78, 5) is 23.1. The predicted octanol–water partition coefficient (Wildman–Crippen LogP) is 4.98. The quantitative estimate of drug-likeness (QED) is 0.233. The molecule has 0 aliphatic heterocycles. The van der Waals surface area contributed by atoms with Crippen LogP contribution in [0, 0.1) is 10.1 Å².